The number of fused-ring (bicyclic) bond motifs is 6. The number of aromatic nitrogens is 6. The van der Waals surface area contributed by atoms with E-state index in [4.69, 9.17) is 0 Å². The van der Waals surface area contributed by atoms with Crippen molar-refractivity contribution in [1.82, 2.24) is 54.4 Å². The summed E-state index contributed by atoms with van der Waals surface area (Å²) in [6.45, 7) is 19.9. The van der Waals surface area contributed by atoms with Crippen LogP contribution in [0.25, 0.3) is 0 Å². The molecule has 0 spiro atoms. The maximum absolute atomic E-state index is 3.79. The third kappa shape index (κ3) is 9.17. The standard InChI is InChI=1S/C42H57N11/c1-4-49-19-31-7-13-37(43-31)25-52-27-39-15-9-33(45-39)21-50(5-2)22-34-10-16-40(46-34)28-53(26-38-14-8-32(20-49)44-38)30-42-18-12-36(48-42)24-51(6-3)23-35-11-17-41(29-52)47-35/h7-18,43-48H,4-6,19-30H2,1-3H3. The molecule has 0 aliphatic carbocycles. The lowest BCUT2D eigenvalue weighted by molar-refractivity contribution is 0.234. The van der Waals surface area contributed by atoms with Crippen molar-refractivity contribution in [3.63, 3.8) is 0 Å². The van der Waals surface area contributed by atoms with Crippen molar-refractivity contribution in [2.45, 2.75) is 99.3 Å². The molecular weight excluding hydrogens is 659 g/mol. The van der Waals surface area contributed by atoms with Crippen LogP contribution in [0.3, 0.4) is 0 Å². The van der Waals surface area contributed by atoms with E-state index in [0.29, 0.717) is 0 Å². The van der Waals surface area contributed by atoms with E-state index >= 15 is 0 Å². The summed E-state index contributed by atoms with van der Waals surface area (Å²) < 4.78 is 0. The maximum atomic E-state index is 3.79. The van der Waals surface area contributed by atoms with Crippen LogP contribution in [0, 0.1) is 0 Å². The molecule has 53 heavy (non-hydrogen) atoms. The van der Waals surface area contributed by atoms with Gasteiger partial charge in [0.25, 0.3) is 0 Å². The Morgan fingerprint density at radius 1 is 0.283 bits per heavy atom. The fraction of sp³-hybridized carbons (Fsp3) is 0.429. The van der Waals surface area contributed by atoms with Gasteiger partial charge < -0.3 is 29.9 Å². The lowest BCUT2D eigenvalue weighted by atomic mass is 10.3. The molecule has 280 valence electrons. The molecular formula is C42H57N11. The summed E-state index contributed by atoms with van der Waals surface area (Å²) in [5.74, 6) is 0. The van der Waals surface area contributed by atoms with Gasteiger partial charge in [0.05, 0.1) is 0 Å². The summed E-state index contributed by atoms with van der Waals surface area (Å²) in [6, 6.07) is 27.3. The van der Waals surface area contributed by atoms with E-state index in [1.165, 1.54) is 68.3 Å². The zero-order valence-electron chi connectivity index (χ0n) is 31.8. The highest BCUT2D eigenvalue weighted by atomic mass is 15.2. The second kappa shape index (κ2) is 16.2. The third-order valence-electron chi connectivity index (χ3n) is 10.9. The third-order valence-corrected chi connectivity index (χ3v) is 10.9. The molecule has 11 nitrogen and oxygen atoms in total. The minimum atomic E-state index is 0.831. The first kappa shape index (κ1) is 35.5. The fourth-order valence-electron chi connectivity index (χ4n) is 8.12. The van der Waals surface area contributed by atoms with Crippen LogP contribution in [-0.2, 0) is 78.5 Å². The van der Waals surface area contributed by atoms with Gasteiger partial charge in [-0.15, -0.1) is 0 Å². The Labute approximate surface area is 313 Å². The molecule has 14 bridgehead atoms. The van der Waals surface area contributed by atoms with Gasteiger partial charge in [0.2, 0.25) is 0 Å². The highest BCUT2D eigenvalue weighted by Crippen LogP contribution is 2.21. The average Bonchev–Trinajstić information content (AvgIpc) is 4.00. The van der Waals surface area contributed by atoms with Gasteiger partial charge in [-0.3, -0.25) is 24.5 Å². The summed E-state index contributed by atoms with van der Waals surface area (Å²) in [4.78, 5) is 35.3. The lowest BCUT2D eigenvalue weighted by Crippen LogP contribution is -2.25. The Bertz CT molecular complexity index is 1660. The Balaban J connectivity index is 1.17. The molecule has 0 aromatic carbocycles. The van der Waals surface area contributed by atoms with Crippen molar-refractivity contribution in [3.8, 4) is 0 Å². The fourth-order valence-corrected chi connectivity index (χ4v) is 8.12. The Kier molecular flexibility index (Phi) is 10.9. The molecule has 9 heterocycles. The van der Waals surface area contributed by atoms with Crippen LogP contribution in [0.15, 0.2) is 72.8 Å². The molecule has 3 aliphatic rings. The molecule has 3 aliphatic heterocycles. The molecule has 11 heteroatoms. The molecule has 0 saturated carbocycles. The summed E-state index contributed by atoms with van der Waals surface area (Å²) in [5, 5.41) is 0. The van der Waals surface area contributed by atoms with E-state index < -0.39 is 0 Å². The SMILES string of the molecule is CCN1Cc2ccc([nH]2)CN2Cc3ccc([nH]3)CN(CC)Cc3ccc([nH]3)CN(Cc3ccc([nH]3)C1)Cc1ccc([nH]1)CN(CC)Cc1ccc([nH]1)C2. The number of hydrogen-bond acceptors (Lipinski definition) is 5. The Morgan fingerprint density at radius 2 is 0.434 bits per heavy atom. The molecule has 0 saturated heterocycles. The second-order valence-electron chi connectivity index (χ2n) is 15.3. The minimum Gasteiger partial charge on any atom is -0.360 e. The quantitative estimate of drug-likeness (QED) is 0.122. The monoisotopic (exact) mass is 715 g/mol. The average molecular weight is 716 g/mol. The van der Waals surface area contributed by atoms with Crippen molar-refractivity contribution >= 4 is 0 Å². The highest BCUT2D eigenvalue weighted by Gasteiger charge is 2.18. The summed E-state index contributed by atoms with van der Waals surface area (Å²) in [7, 11) is 0. The van der Waals surface area contributed by atoms with Gasteiger partial charge in [0.1, 0.15) is 0 Å². The van der Waals surface area contributed by atoms with Gasteiger partial charge in [0.15, 0.2) is 0 Å². The molecule has 6 aromatic rings. The molecule has 0 fully saturated rings. The molecule has 0 unspecified atom stereocenters. The van der Waals surface area contributed by atoms with Gasteiger partial charge in [-0.25, -0.2) is 0 Å². The van der Waals surface area contributed by atoms with Crippen LogP contribution in [0.2, 0.25) is 0 Å². The molecule has 6 aromatic heterocycles. The second-order valence-corrected chi connectivity index (χ2v) is 15.3. The Morgan fingerprint density at radius 3 is 0.585 bits per heavy atom. The number of H-pyrrole nitrogens is 6. The van der Waals surface area contributed by atoms with E-state index in [1.54, 1.807) is 0 Å². The highest BCUT2D eigenvalue weighted by molar-refractivity contribution is 5.21. The number of rotatable bonds is 3. The molecule has 0 amide bonds. The van der Waals surface area contributed by atoms with E-state index in [2.05, 4.69) is 148 Å². The van der Waals surface area contributed by atoms with Crippen LogP contribution in [0.5, 0.6) is 0 Å². The predicted molar refractivity (Wildman–Crippen MR) is 210 cm³/mol. The van der Waals surface area contributed by atoms with E-state index in [9.17, 15) is 0 Å². The smallest absolute Gasteiger partial charge is 0.0393 e. The van der Waals surface area contributed by atoms with Gasteiger partial charge >= 0.3 is 0 Å². The Hall–Kier alpha value is -4.52. The van der Waals surface area contributed by atoms with Crippen LogP contribution in [0.4, 0.5) is 0 Å². The van der Waals surface area contributed by atoms with Crippen LogP contribution in [0.1, 0.15) is 89.1 Å². The molecule has 6 N–H and O–H groups in total. The van der Waals surface area contributed by atoms with Gasteiger partial charge in [-0.05, 0) is 92.4 Å². The molecule has 0 radical (unpaired) electrons. The van der Waals surface area contributed by atoms with Crippen molar-refractivity contribution in [3.05, 3.63) is 141 Å². The zero-order valence-corrected chi connectivity index (χ0v) is 31.8. The largest absolute Gasteiger partial charge is 0.360 e. The molecule has 0 atom stereocenters. The predicted octanol–water partition coefficient (Wildman–Crippen LogP) is 6.75. The van der Waals surface area contributed by atoms with Gasteiger partial charge in [-0.2, -0.15) is 0 Å². The van der Waals surface area contributed by atoms with Crippen molar-refractivity contribution in [1.29, 1.82) is 0 Å². The van der Waals surface area contributed by atoms with Gasteiger partial charge in [0, 0.05) is 147 Å². The summed E-state index contributed by atoms with van der Waals surface area (Å²) in [5.41, 5.74) is 15.0. The topological polar surface area (TPSA) is 111 Å². The van der Waals surface area contributed by atoms with Crippen LogP contribution >= 0.6 is 0 Å². The summed E-state index contributed by atoms with van der Waals surface area (Å²) in [6.07, 6.45) is 0. The number of nitrogens with zero attached hydrogens (tertiary/aromatic N) is 5. The number of hydrogen-bond donors (Lipinski definition) is 6. The van der Waals surface area contributed by atoms with E-state index in [-0.39, 0.29) is 0 Å². The van der Waals surface area contributed by atoms with Crippen molar-refractivity contribution in [2.75, 3.05) is 19.6 Å². The number of nitrogens with one attached hydrogen (secondary N) is 6. The first-order chi connectivity index (χ1) is 25.9. The first-order valence-corrected chi connectivity index (χ1v) is 19.6. The van der Waals surface area contributed by atoms with Crippen molar-refractivity contribution < 1.29 is 0 Å². The van der Waals surface area contributed by atoms with E-state index in [0.717, 1.165) is 98.2 Å². The van der Waals surface area contributed by atoms with Gasteiger partial charge in [-0.1, -0.05) is 20.8 Å². The summed E-state index contributed by atoms with van der Waals surface area (Å²) >= 11 is 0. The maximum Gasteiger partial charge on any atom is 0.0393 e. The van der Waals surface area contributed by atoms with E-state index in [1.807, 2.05) is 0 Å². The molecule has 9 rings (SSSR count). The first-order valence-electron chi connectivity index (χ1n) is 19.6. The zero-order chi connectivity index (χ0) is 36.1. The van der Waals surface area contributed by atoms with Crippen molar-refractivity contribution in [2.24, 2.45) is 0 Å². The van der Waals surface area contributed by atoms with Crippen LogP contribution in [-0.4, -0.2) is 74.0 Å². The lowest BCUT2D eigenvalue weighted by Gasteiger charge is -2.23. The minimum absolute atomic E-state index is 0.831. The number of aromatic amines is 6. The van der Waals surface area contributed by atoms with Crippen LogP contribution < -0.4 is 0 Å². The normalized spacial score (nSPS) is 20.2.